The van der Waals surface area contributed by atoms with Gasteiger partial charge in [-0.3, -0.25) is 4.79 Å². The van der Waals surface area contributed by atoms with Crippen LogP contribution in [0.4, 0.5) is 5.69 Å². The first-order valence-electron chi connectivity index (χ1n) is 9.94. The normalized spacial score (nSPS) is 10.9. The molecule has 0 saturated heterocycles. The first kappa shape index (κ1) is 21.9. The fourth-order valence-corrected chi connectivity index (χ4v) is 3.62. The molecule has 0 fully saturated rings. The Morgan fingerprint density at radius 2 is 2.07 bits per heavy atom. The fourth-order valence-electron chi connectivity index (χ4n) is 2.96. The van der Waals surface area contributed by atoms with E-state index in [0.29, 0.717) is 35.4 Å². The third-order valence-corrected chi connectivity index (χ3v) is 5.49. The summed E-state index contributed by atoms with van der Waals surface area (Å²) < 4.78 is 16.8. The zero-order chi connectivity index (χ0) is 21.3. The van der Waals surface area contributed by atoms with E-state index in [4.69, 9.17) is 13.9 Å². The number of nitrogens with one attached hydrogen (secondary N) is 1. The molecular weight excluding hydrogens is 402 g/mol. The number of nitrogens with zero attached hydrogens (tertiary/aromatic N) is 2. The van der Waals surface area contributed by atoms with Crippen LogP contribution in [-0.2, 0) is 11.2 Å². The van der Waals surface area contributed by atoms with Crippen LogP contribution in [0.25, 0.3) is 10.8 Å². The molecule has 0 aliphatic carbocycles. The maximum atomic E-state index is 12.5. The number of carbonyl (C=O) groups excluding carboxylic acids is 1. The number of anilines is 1. The van der Waals surface area contributed by atoms with Crippen LogP contribution in [0.15, 0.2) is 46.4 Å². The highest BCUT2D eigenvalue weighted by Crippen LogP contribution is 2.30. The third kappa shape index (κ3) is 5.84. The summed E-state index contributed by atoms with van der Waals surface area (Å²) in [5.74, 6) is 1.58. The van der Waals surface area contributed by atoms with Crippen LogP contribution in [0.1, 0.15) is 19.5 Å². The highest BCUT2D eigenvalue weighted by molar-refractivity contribution is 7.13. The number of thiophene rings is 1. The van der Waals surface area contributed by atoms with Crippen molar-refractivity contribution in [3.8, 4) is 22.3 Å². The number of amides is 1. The second kappa shape index (κ2) is 10.8. The number of hydrogen-bond acceptors (Lipinski definition) is 7. The molecule has 8 heteroatoms. The van der Waals surface area contributed by atoms with Crippen molar-refractivity contribution < 1.29 is 18.7 Å². The van der Waals surface area contributed by atoms with Gasteiger partial charge in [-0.25, -0.2) is 4.98 Å². The summed E-state index contributed by atoms with van der Waals surface area (Å²) in [5.41, 5.74) is 1.22. The summed E-state index contributed by atoms with van der Waals surface area (Å²) in [7, 11) is 1.60. The van der Waals surface area contributed by atoms with E-state index in [2.05, 4.69) is 29.0 Å². The molecule has 0 atom stereocenters. The van der Waals surface area contributed by atoms with E-state index < -0.39 is 0 Å². The average Bonchev–Trinajstić information content (AvgIpc) is 3.43. The molecule has 0 aliphatic rings. The van der Waals surface area contributed by atoms with Gasteiger partial charge in [0.15, 0.2) is 11.5 Å². The van der Waals surface area contributed by atoms with Crippen molar-refractivity contribution in [2.75, 3.05) is 38.7 Å². The summed E-state index contributed by atoms with van der Waals surface area (Å²) in [5, 5.41) is 4.84. The SMILES string of the molecule is CCN(CC)CCOc1cc(NC(=O)Cc2coc(-c3cccs3)n2)ccc1OC. The van der Waals surface area contributed by atoms with Crippen molar-refractivity contribution in [3.05, 3.63) is 47.7 Å². The summed E-state index contributed by atoms with van der Waals surface area (Å²) in [4.78, 5) is 20.1. The lowest BCUT2D eigenvalue weighted by molar-refractivity contribution is -0.115. The summed E-state index contributed by atoms with van der Waals surface area (Å²) in [6, 6.07) is 9.21. The van der Waals surface area contributed by atoms with Gasteiger partial charge in [0.25, 0.3) is 0 Å². The van der Waals surface area contributed by atoms with Crippen LogP contribution >= 0.6 is 11.3 Å². The van der Waals surface area contributed by atoms with Crippen LogP contribution in [0.5, 0.6) is 11.5 Å². The molecule has 0 aliphatic heterocycles. The Labute approximate surface area is 180 Å². The largest absolute Gasteiger partial charge is 0.493 e. The van der Waals surface area contributed by atoms with Crippen LogP contribution in [0.2, 0.25) is 0 Å². The number of oxazole rings is 1. The topological polar surface area (TPSA) is 76.8 Å². The van der Waals surface area contributed by atoms with Gasteiger partial charge in [0.1, 0.15) is 12.9 Å². The van der Waals surface area contributed by atoms with E-state index >= 15 is 0 Å². The molecule has 3 rings (SSSR count). The molecule has 1 amide bonds. The number of benzene rings is 1. The lowest BCUT2D eigenvalue weighted by Crippen LogP contribution is -2.28. The van der Waals surface area contributed by atoms with Gasteiger partial charge in [-0.15, -0.1) is 11.3 Å². The maximum absolute atomic E-state index is 12.5. The third-order valence-electron chi connectivity index (χ3n) is 4.63. The zero-order valence-electron chi connectivity index (χ0n) is 17.5. The van der Waals surface area contributed by atoms with E-state index in [1.807, 2.05) is 17.5 Å². The summed E-state index contributed by atoms with van der Waals surface area (Å²) in [6.07, 6.45) is 1.64. The van der Waals surface area contributed by atoms with Gasteiger partial charge in [0, 0.05) is 18.3 Å². The first-order chi connectivity index (χ1) is 14.6. The minimum Gasteiger partial charge on any atom is -0.493 e. The zero-order valence-corrected chi connectivity index (χ0v) is 18.3. The van der Waals surface area contributed by atoms with Gasteiger partial charge in [-0.1, -0.05) is 19.9 Å². The molecule has 1 aromatic carbocycles. The predicted molar refractivity (Wildman–Crippen MR) is 118 cm³/mol. The Balaban J connectivity index is 1.59. The number of ether oxygens (including phenoxy) is 2. The quantitative estimate of drug-likeness (QED) is 0.489. The number of carbonyl (C=O) groups is 1. The van der Waals surface area contributed by atoms with Crippen LogP contribution in [0.3, 0.4) is 0 Å². The van der Waals surface area contributed by atoms with Crippen LogP contribution in [0, 0.1) is 0 Å². The van der Waals surface area contributed by atoms with Crippen molar-refractivity contribution in [3.63, 3.8) is 0 Å². The number of rotatable bonds is 11. The van der Waals surface area contributed by atoms with Crippen molar-refractivity contribution in [2.24, 2.45) is 0 Å². The molecule has 0 bridgehead atoms. The first-order valence-corrected chi connectivity index (χ1v) is 10.8. The van der Waals surface area contributed by atoms with Gasteiger partial charge in [0.2, 0.25) is 11.8 Å². The number of hydrogen-bond donors (Lipinski definition) is 1. The van der Waals surface area contributed by atoms with Crippen molar-refractivity contribution in [2.45, 2.75) is 20.3 Å². The highest BCUT2D eigenvalue weighted by atomic mass is 32.1. The lowest BCUT2D eigenvalue weighted by atomic mass is 10.2. The number of likely N-dealkylation sites (N-methyl/N-ethyl adjacent to an activating group) is 1. The second-order valence-corrected chi connectivity index (χ2v) is 7.53. The molecule has 30 heavy (non-hydrogen) atoms. The summed E-state index contributed by atoms with van der Waals surface area (Å²) in [6.45, 7) is 7.56. The molecule has 0 saturated carbocycles. The van der Waals surface area contributed by atoms with Crippen molar-refractivity contribution in [1.82, 2.24) is 9.88 Å². The molecule has 0 spiro atoms. The van der Waals surface area contributed by atoms with E-state index in [9.17, 15) is 4.79 Å². The summed E-state index contributed by atoms with van der Waals surface area (Å²) >= 11 is 1.54. The van der Waals surface area contributed by atoms with Crippen LogP contribution < -0.4 is 14.8 Å². The molecule has 7 nitrogen and oxygen atoms in total. The Bertz CT molecular complexity index is 936. The van der Waals surface area contributed by atoms with Crippen molar-refractivity contribution in [1.29, 1.82) is 0 Å². The Morgan fingerprint density at radius 3 is 2.77 bits per heavy atom. The number of aromatic nitrogens is 1. The Kier molecular flexibility index (Phi) is 7.87. The second-order valence-electron chi connectivity index (χ2n) is 6.59. The van der Waals surface area contributed by atoms with Gasteiger partial charge >= 0.3 is 0 Å². The minimum atomic E-state index is -0.180. The molecule has 2 heterocycles. The fraction of sp³-hybridized carbons (Fsp3) is 0.364. The van der Waals surface area contributed by atoms with Gasteiger partial charge in [-0.05, 0) is 36.7 Å². The predicted octanol–water partition coefficient (Wildman–Crippen LogP) is 4.31. The smallest absolute Gasteiger partial charge is 0.236 e. The van der Waals surface area contributed by atoms with Crippen LogP contribution in [-0.4, -0.2) is 49.1 Å². The van der Waals surface area contributed by atoms with E-state index in [-0.39, 0.29) is 12.3 Å². The van der Waals surface area contributed by atoms with Gasteiger partial charge in [0.05, 0.1) is 24.1 Å². The molecule has 2 aromatic heterocycles. The average molecular weight is 430 g/mol. The molecular formula is C22H27N3O4S. The van der Waals surface area contributed by atoms with Crippen molar-refractivity contribution >= 4 is 22.9 Å². The van der Waals surface area contributed by atoms with Gasteiger partial charge < -0.3 is 24.1 Å². The number of methoxy groups -OCH3 is 1. The Hall–Kier alpha value is -2.84. The monoisotopic (exact) mass is 429 g/mol. The van der Waals surface area contributed by atoms with E-state index in [1.54, 1.807) is 36.6 Å². The molecule has 0 unspecified atom stereocenters. The highest BCUT2D eigenvalue weighted by Gasteiger charge is 2.13. The minimum absolute atomic E-state index is 0.124. The molecule has 0 radical (unpaired) electrons. The lowest BCUT2D eigenvalue weighted by Gasteiger charge is -2.19. The van der Waals surface area contributed by atoms with E-state index in [1.165, 1.54) is 6.26 Å². The van der Waals surface area contributed by atoms with Gasteiger partial charge in [-0.2, -0.15) is 0 Å². The van der Waals surface area contributed by atoms with E-state index in [0.717, 1.165) is 24.5 Å². The Morgan fingerprint density at radius 1 is 1.23 bits per heavy atom. The molecule has 160 valence electrons. The standard InChI is InChI=1S/C22H27N3O4S/c1-4-25(5-2)10-11-28-19-13-16(8-9-18(19)27-3)23-21(26)14-17-15-29-22(24-17)20-7-6-12-30-20/h6-9,12-13,15H,4-5,10-11,14H2,1-3H3,(H,23,26). The molecule has 3 aromatic rings. The molecule has 1 N–H and O–H groups in total. The maximum Gasteiger partial charge on any atom is 0.236 e.